The van der Waals surface area contributed by atoms with E-state index in [9.17, 15) is 9.18 Å². The lowest BCUT2D eigenvalue weighted by molar-refractivity contribution is 0.000446. The highest BCUT2D eigenvalue weighted by atomic mass is 19.1. The summed E-state index contributed by atoms with van der Waals surface area (Å²) in [5.41, 5.74) is -1.41. The van der Waals surface area contributed by atoms with E-state index in [1.807, 2.05) is 0 Å². The minimum absolute atomic E-state index is 0.0442. The molecular weight excluding hydrogens is 239 g/mol. The van der Waals surface area contributed by atoms with Crippen LogP contribution in [0.1, 0.15) is 34.1 Å². The van der Waals surface area contributed by atoms with Crippen molar-refractivity contribution in [3.8, 4) is 0 Å². The second kappa shape index (κ2) is 5.12. The van der Waals surface area contributed by atoms with E-state index in [4.69, 9.17) is 9.94 Å². The van der Waals surface area contributed by atoms with Crippen molar-refractivity contribution in [2.45, 2.75) is 45.9 Å². The SMILES string of the molecule is CC(C)(C)OC(=O)N1CC[C@](C)(/C=N\O)[C@@H](F)C1. The molecule has 2 atom stereocenters. The fourth-order valence-electron chi connectivity index (χ4n) is 1.80. The molecular formula is C12H21FN2O3. The Labute approximate surface area is 107 Å². The van der Waals surface area contributed by atoms with Crippen molar-refractivity contribution in [2.24, 2.45) is 10.6 Å². The molecule has 0 aliphatic carbocycles. The van der Waals surface area contributed by atoms with Gasteiger partial charge in [0.05, 0.1) is 12.8 Å². The number of carbonyl (C=O) groups is 1. The molecule has 1 aliphatic rings. The molecule has 1 aliphatic heterocycles. The van der Waals surface area contributed by atoms with Gasteiger partial charge >= 0.3 is 6.09 Å². The first-order chi connectivity index (χ1) is 8.18. The number of alkyl halides is 1. The van der Waals surface area contributed by atoms with Crippen LogP contribution in [-0.2, 0) is 4.74 Å². The van der Waals surface area contributed by atoms with E-state index in [-0.39, 0.29) is 6.54 Å². The maximum atomic E-state index is 14.0. The van der Waals surface area contributed by atoms with Gasteiger partial charge in [-0.25, -0.2) is 9.18 Å². The van der Waals surface area contributed by atoms with Gasteiger partial charge in [0.15, 0.2) is 0 Å². The van der Waals surface area contributed by atoms with Crippen molar-refractivity contribution >= 4 is 12.3 Å². The van der Waals surface area contributed by atoms with Gasteiger partial charge < -0.3 is 14.8 Å². The number of carbonyl (C=O) groups excluding carboxylic acids is 1. The van der Waals surface area contributed by atoms with Gasteiger partial charge in [-0.3, -0.25) is 0 Å². The van der Waals surface area contributed by atoms with Crippen LogP contribution >= 0.6 is 0 Å². The molecule has 0 spiro atoms. The Morgan fingerprint density at radius 2 is 2.22 bits per heavy atom. The summed E-state index contributed by atoms with van der Waals surface area (Å²) in [6.07, 6.45) is -0.176. The second-order valence-electron chi connectivity index (χ2n) is 5.89. The fourth-order valence-corrected chi connectivity index (χ4v) is 1.80. The third kappa shape index (κ3) is 3.58. The summed E-state index contributed by atoms with van der Waals surface area (Å²) < 4.78 is 19.2. The minimum Gasteiger partial charge on any atom is -0.444 e. The van der Waals surface area contributed by atoms with E-state index in [0.29, 0.717) is 13.0 Å². The van der Waals surface area contributed by atoms with Crippen molar-refractivity contribution in [1.29, 1.82) is 0 Å². The first-order valence-electron chi connectivity index (χ1n) is 5.98. The Balaban J connectivity index is 2.64. The normalized spacial score (nSPS) is 29.6. The van der Waals surface area contributed by atoms with Gasteiger partial charge in [0.1, 0.15) is 11.8 Å². The van der Waals surface area contributed by atoms with Crippen molar-refractivity contribution in [2.75, 3.05) is 13.1 Å². The number of halogens is 1. The number of nitrogens with zero attached hydrogens (tertiary/aromatic N) is 2. The molecule has 1 heterocycles. The molecule has 1 rings (SSSR count). The smallest absolute Gasteiger partial charge is 0.410 e. The molecule has 0 saturated carbocycles. The number of piperidine rings is 1. The van der Waals surface area contributed by atoms with Gasteiger partial charge in [0.2, 0.25) is 0 Å². The molecule has 0 aromatic heterocycles. The van der Waals surface area contributed by atoms with Crippen LogP contribution in [0, 0.1) is 5.41 Å². The van der Waals surface area contributed by atoms with E-state index in [1.54, 1.807) is 27.7 Å². The predicted molar refractivity (Wildman–Crippen MR) is 65.7 cm³/mol. The Morgan fingerprint density at radius 3 is 2.67 bits per heavy atom. The van der Waals surface area contributed by atoms with Crippen molar-refractivity contribution in [3.05, 3.63) is 0 Å². The first-order valence-corrected chi connectivity index (χ1v) is 5.98. The number of likely N-dealkylation sites (tertiary alicyclic amines) is 1. The van der Waals surface area contributed by atoms with Crippen LogP contribution in [0.3, 0.4) is 0 Å². The van der Waals surface area contributed by atoms with E-state index < -0.39 is 23.3 Å². The summed E-state index contributed by atoms with van der Waals surface area (Å²) in [5, 5.41) is 11.4. The quantitative estimate of drug-likeness (QED) is 0.447. The zero-order chi connectivity index (χ0) is 14.0. The Morgan fingerprint density at radius 1 is 1.61 bits per heavy atom. The van der Waals surface area contributed by atoms with Gasteiger partial charge in [0.25, 0.3) is 0 Å². The Kier molecular flexibility index (Phi) is 4.19. The maximum absolute atomic E-state index is 14.0. The summed E-state index contributed by atoms with van der Waals surface area (Å²) >= 11 is 0. The number of rotatable bonds is 1. The monoisotopic (exact) mass is 260 g/mol. The van der Waals surface area contributed by atoms with E-state index in [0.717, 1.165) is 0 Å². The van der Waals surface area contributed by atoms with Crippen LogP contribution < -0.4 is 0 Å². The van der Waals surface area contributed by atoms with E-state index in [1.165, 1.54) is 11.1 Å². The standard InChI is InChI=1S/C12H21FN2O3/c1-11(2,3)18-10(16)15-6-5-12(4,8-14-17)9(13)7-15/h8-9,17H,5-7H2,1-4H3/b14-8-/t9-,12+/m0/s1. The lowest BCUT2D eigenvalue weighted by Crippen LogP contribution is -2.51. The van der Waals surface area contributed by atoms with Crippen molar-refractivity contribution in [1.82, 2.24) is 4.90 Å². The van der Waals surface area contributed by atoms with Crippen molar-refractivity contribution < 1.29 is 19.1 Å². The summed E-state index contributed by atoms with van der Waals surface area (Å²) in [5.74, 6) is 0. The molecule has 0 bridgehead atoms. The van der Waals surface area contributed by atoms with Crippen LogP contribution in [0.2, 0.25) is 0 Å². The minimum atomic E-state index is -1.27. The van der Waals surface area contributed by atoms with Crippen LogP contribution in [0.4, 0.5) is 9.18 Å². The highest BCUT2D eigenvalue weighted by Crippen LogP contribution is 2.32. The maximum Gasteiger partial charge on any atom is 0.410 e. The summed E-state index contributed by atoms with van der Waals surface area (Å²) in [7, 11) is 0. The van der Waals surface area contributed by atoms with Gasteiger partial charge in [-0.2, -0.15) is 0 Å². The summed E-state index contributed by atoms with van der Waals surface area (Å²) in [6.45, 7) is 7.32. The number of amides is 1. The third-order valence-electron chi connectivity index (χ3n) is 3.02. The summed E-state index contributed by atoms with van der Waals surface area (Å²) in [4.78, 5) is 13.1. The largest absolute Gasteiger partial charge is 0.444 e. The predicted octanol–water partition coefficient (Wildman–Crippen LogP) is 2.43. The molecule has 1 fully saturated rings. The molecule has 0 aromatic carbocycles. The molecule has 0 aromatic rings. The number of ether oxygens (including phenoxy) is 1. The highest BCUT2D eigenvalue weighted by Gasteiger charge is 2.41. The number of hydrogen-bond acceptors (Lipinski definition) is 4. The highest BCUT2D eigenvalue weighted by molar-refractivity contribution is 5.70. The van der Waals surface area contributed by atoms with Crippen LogP contribution in [-0.4, -0.2) is 47.3 Å². The lowest BCUT2D eigenvalue weighted by Gasteiger charge is -2.39. The average Bonchev–Trinajstić information content (AvgIpc) is 2.20. The van der Waals surface area contributed by atoms with Crippen molar-refractivity contribution in [3.63, 3.8) is 0 Å². The van der Waals surface area contributed by atoms with Gasteiger partial charge in [-0.15, -0.1) is 5.16 Å². The lowest BCUT2D eigenvalue weighted by atomic mass is 9.80. The average molecular weight is 260 g/mol. The number of oxime groups is 1. The van der Waals surface area contributed by atoms with Gasteiger partial charge in [-0.05, 0) is 27.2 Å². The fraction of sp³-hybridized carbons (Fsp3) is 0.833. The zero-order valence-electron chi connectivity index (χ0n) is 11.3. The Bertz CT molecular complexity index is 341. The Hall–Kier alpha value is -1.33. The molecule has 0 radical (unpaired) electrons. The molecule has 1 saturated heterocycles. The molecule has 0 unspecified atom stereocenters. The summed E-state index contributed by atoms with van der Waals surface area (Å²) in [6, 6.07) is 0. The molecule has 1 N–H and O–H groups in total. The third-order valence-corrected chi connectivity index (χ3v) is 3.02. The van der Waals surface area contributed by atoms with Gasteiger partial charge in [-0.1, -0.05) is 6.92 Å². The topological polar surface area (TPSA) is 62.1 Å². The molecule has 6 heteroatoms. The molecule has 104 valence electrons. The van der Waals surface area contributed by atoms with E-state index >= 15 is 0 Å². The van der Waals surface area contributed by atoms with Crippen LogP contribution in [0.15, 0.2) is 5.16 Å². The zero-order valence-corrected chi connectivity index (χ0v) is 11.3. The van der Waals surface area contributed by atoms with E-state index in [2.05, 4.69) is 5.16 Å². The molecule has 1 amide bonds. The molecule has 5 nitrogen and oxygen atoms in total. The van der Waals surface area contributed by atoms with Gasteiger partial charge in [0, 0.05) is 12.0 Å². The number of hydrogen-bond donors (Lipinski definition) is 1. The second-order valence-corrected chi connectivity index (χ2v) is 5.89. The first kappa shape index (κ1) is 14.7. The van der Waals surface area contributed by atoms with Crippen LogP contribution in [0.25, 0.3) is 0 Å². The van der Waals surface area contributed by atoms with Crippen LogP contribution in [0.5, 0.6) is 0 Å². The molecule has 18 heavy (non-hydrogen) atoms.